The maximum atomic E-state index is 12.4. The van der Waals surface area contributed by atoms with Crippen LogP contribution in [-0.4, -0.2) is 23.1 Å². The third-order valence-corrected chi connectivity index (χ3v) is 3.72. The van der Waals surface area contributed by atoms with E-state index in [1.807, 2.05) is 48.0 Å². The Morgan fingerprint density at radius 2 is 1.75 bits per heavy atom. The van der Waals surface area contributed by atoms with E-state index in [1.165, 1.54) is 7.05 Å². The van der Waals surface area contributed by atoms with Gasteiger partial charge in [0, 0.05) is 20.6 Å². The molecule has 1 aromatic carbocycles. The molecule has 104 valence electrons. The Labute approximate surface area is 115 Å². The van der Waals surface area contributed by atoms with Crippen molar-refractivity contribution in [3.05, 3.63) is 45.1 Å². The zero-order chi connectivity index (χ0) is 14.4. The van der Waals surface area contributed by atoms with Gasteiger partial charge in [-0.25, -0.2) is 4.79 Å². The molecule has 6 nitrogen and oxygen atoms in total. The second-order valence-corrected chi connectivity index (χ2v) is 4.78. The summed E-state index contributed by atoms with van der Waals surface area (Å²) in [5.41, 5.74) is 1.75. The molecule has 2 heterocycles. The summed E-state index contributed by atoms with van der Waals surface area (Å²) in [5.74, 6) is 0.540. The summed E-state index contributed by atoms with van der Waals surface area (Å²) in [6.07, 6.45) is 0. The Kier molecular flexibility index (Phi) is 2.67. The van der Waals surface area contributed by atoms with Crippen LogP contribution in [0.15, 0.2) is 33.9 Å². The predicted molar refractivity (Wildman–Crippen MR) is 79.5 cm³/mol. The van der Waals surface area contributed by atoms with Crippen molar-refractivity contribution >= 4 is 22.9 Å². The van der Waals surface area contributed by atoms with Gasteiger partial charge in [0.25, 0.3) is 5.56 Å². The molecule has 0 aliphatic carbocycles. The fourth-order valence-corrected chi connectivity index (χ4v) is 2.63. The molecule has 0 radical (unpaired) electrons. The highest BCUT2D eigenvalue weighted by Crippen LogP contribution is 2.43. The quantitative estimate of drug-likeness (QED) is 0.850. The van der Waals surface area contributed by atoms with Crippen molar-refractivity contribution in [2.24, 2.45) is 7.05 Å². The molecule has 2 aromatic rings. The molecule has 0 amide bonds. The number of nitrogens with zero attached hydrogens (tertiary/aromatic N) is 3. The molecule has 20 heavy (non-hydrogen) atoms. The number of hydrogen-bond acceptors (Lipinski definition) is 4. The van der Waals surface area contributed by atoms with E-state index in [-0.39, 0.29) is 5.56 Å². The first-order chi connectivity index (χ1) is 9.56. The number of aromatic amines is 1. The molecule has 1 aliphatic rings. The molecule has 0 unspecified atom stereocenters. The Balaban J connectivity index is 2.40. The molecule has 3 rings (SSSR count). The molecular weight excluding hydrogens is 256 g/mol. The Bertz CT molecular complexity index is 790. The van der Waals surface area contributed by atoms with Crippen LogP contribution in [0.4, 0.5) is 22.9 Å². The van der Waals surface area contributed by atoms with Gasteiger partial charge in [-0.05, 0) is 19.1 Å². The minimum Gasteiger partial charge on any atom is -0.333 e. The van der Waals surface area contributed by atoms with Crippen LogP contribution in [0.2, 0.25) is 0 Å². The van der Waals surface area contributed by atoms with E-state index in [9.17, 15) is 9.59 Å². The summed E-state index contributed by atoms with van der Waals surface area (Å²) in [7, 11) is 3.33. The highest BCUT2D eigenvalue weighted by Gasteiger charge is 2.29. The van der Waals surface area contributed by atoms with Gasteiger partial charge >= 0.3 is 5.69 Å². The summed E-state index contributed by atoms with van der Waals surface area (Å²) in [6.45, 7) is 2.63. The van der Waals surface area contributed by atoms with Gasteiger partial charge in [-0.3, -0.25) is 14.3 Å². The van der Waals surface area contributed by atoms with E-state index in [2.05, 4.69) is 4.98 Å². The summed E-state index contributed by atoms with van der Waals surface area (Å²) < 4.78 is 1.10. The number of aromatic nitrogens is 2. The second-order valence-electron chi connectivity index (χ2n) is 4.78. The number of nitrogens with one attached hydrogen (secondary N) is 1. The van der Waals surface area contributed by atoms with Gasteiger partial charge in [0.05, 0.1) is 11.4 Å². The Hall–Kier alpha value is -2.50. The summed E-state index contributed by atoms with van der Waals surface area (Å²) in [5, 5.41) is 0. The van der Waals surface area contributed by atoms with Crippen LogP contribution in [0, 0.1) is 0 Å². The minimum atomic E-state index is -0.406. The van der Waals surface area contributed by atoms with Crippen LogP contribution in [-0.2, 0) is 7.05 Å². The molecule has 0 spiro atoms. The monoisotopic (exact) mass is 272 g/mol. The number of benzene rings is 1. The maximum Gasteiger partial charge on any atom is 0.329 e. The molecule has 0 bridgehead atoms. The Morgan fingerprint density at radius 1 is 1.10 bits per heavy atom. The van der Waals surface area contributed by atoms with Crippen molar-refractivity contribution < 1.29 is 0 Å². The zero-order valence-electron chi connectivity index (χ0n) is 11.7. The molecule has 0 atom stereocenters. The number of fused-ring (bicyclic) bond motifs is 2. The number of para-hydroxylation sites is 2. The van der Waals surface area contributed by atoms with Crippen molar-refractivity contribution in [3.63, 3.8) is 0 Å². The third kappa shape index (κ3) is 1.51. The van der Waals surface area contributed by atoms with Crippen LogP contribution in [0.25, 0.3) is 0 Å². The topological polar surface area (TPSA) is 61.3 Å². The number of hydrogen-bond donors (Lipinski definition) is 1. The molecule has 1 aliphatic heterocycles. The smallest absolute Gasteiger partial charge is 0.329 e. The van der Waals surface area contributed by atoms with Gasteiger partial charge in [-0.2, -0.15) is 0 Å². The normalized spacial score (nSPS) is 13.2. The first kappa shape index (κ1) is 12.5. The average molecular weight is 272 g/mol. The van der Waals surface area contributed by atoms with Crippen LogP contribution in [0.5, 0.6) is 0 Å². The Morgan fingerprint density at radius 3 is 2.40 bits per heavy atom. The largest absolute Gasteiger partial charge is 0.333 e. The van der Waals surface area contributed by atoms with Gasteiger partial charge < -0.3 is 9.80 Å². The van der Waals surface area contributed by atoms with Crippen LogP contribution < -0.4 is 21.0 Å². The molecule has 0 fully saturated rings. The van der Waals surface area contributed by atoms with Crippen LogP contribution in [0.1, 0.15) is 6.92 Å². The lowest BCUT2D eigenvalue weighted by Gasteiger charge is -2.36. The third-order valence-electron chi connectivity index (χ3n) is 3.72. The SMILES string of the molecule is CCN1c2ccccc2N(C)c2[nH]c(=O)n(C)c(=O)c21. The van der Waals surface area contributed by atoms with E-state index in [1.54, 1.807) is 0 Å². The maximum absolute atomic E-state index is 12.4. The molecule has 0 saturated heterocycles. The van der Waals surface area contributed by atoms with E-state index < -0.39 is 5.69 Å². The fraction of sp³-hybridized carbons (Fsp3) is 0.286. The number of H-pyrrole nitrogens is 1. The van der Waals surface area contributed by atoms with Gasteiger partial charge in [-0.1, -0.05) is 12.1 Å². The summed E-state index contributed by atoms with van der Waals surface area (Å²) >= 11 is 0. The van der Waals surface area contributed by atoms with Crippen molar-refractivity contribution in [3.8, 4) is 0 Å². The number of rotatable bonds is 1. The lowest BCUT2D eigenvalue weighted by molar-refractivity contribution is 0.761. The van der Waals surface area contributed by atoms with Gasteiger partial charge in [0.2, 0.25) is 0 Å². The second kappa shape index (κ2) is 4.26. The van der Waals surface area contributed by atoms with Crippen LogP contribution in [0.3, 0.4) is 0 Å². The van der Waals surface area contributed by atoms with E-state index in [4.69, 9.17) is 0 Å². The van der Waals surface area contributed by atoms with Gasteiger partial charge in [0.15, 0.2) is 0 Å². The van der Waals surface area contributed by atoms with Crippen molar-refractivity contribution in [1.29, 1.82) is 0 Å². The molecule has 1 N–H and O–H groups in total. The van der Waals surface area contributed by atoms with Crippen molar-refractivity contribution in [2.75, 3.05) is 23.4 Å². The molecular formula is C14H16N4O2. The summed E-state index contributed by atoms with van der Waals surface area (Å²) in [4.78, 5) is 30.8. The molecule has 1 aromatic heterocycles. The van der Waals surface area contributed by atoms with Gasteiger partial charge in [-0.15, -0.1) is 0 Å². The van der Waals surface area contributed by atoms with Crippen molar-refractivity contribution in [1.82, 2.24) is 9.55 Å². The van der Waals surface area contributed by atoms with Gasteiger partial charge in [0.1, 0.15) is 11.5 Å². The fourth-order valence-electron chi connectivity index (χ4n) is 2.63. The highest BCUT2D eigenvalue weighted by atomic mass is 16.2. The number of anilines is 4. The predicted octanol–water partition coefficient (Wildman–Crippen LogP) is 1.31. The van der Waals surface area contributed by atoms with Crippen molar-refractivity contribution in [2.45, 2.75) is 6.92 Å². The molecule has 6 heteroatoms. The highest BCUT2D eigenvalue weighted by molar-refractivity contribution is 5.90. The molecule has 0 saturated carbocycles. The lowest BCUT2D eigenvalue weighted by atomic mass is 10.1. The standard InChI is InChI=1S/C14H16N4O2/c1-4-18-10-8-6-5-7-9(10)16(2)12-11(18)13(19)17(3)14(20)15-12/h5-8H,4H2,1-3H3,(H,15,20). The van der Waals surface area contributed by atoms with E-state index in [0.717, 1.165) is 15.9 Å². The minimum absolute atomic E-state index is 0.285. The zero-order valence-corrected chi connectivity index (χ0v) is 11.7. The lowest BCUT2D eigenvalue weighted by Crippen LogP contribution is -2.41. The van der Waals surface area contributed by atoms with E-state index in [0.29, 0.717) is 18.1 Å². The summed E-state index contributed by atoms with van der Waals surface area (Å²) in [6, 6.07) is 7.82. The first-order valence-electron chi connectivity index (χ1n) is 6.50. The first-order valence-corrected chi connectivity index (χ1v) is 6.50. The van der Waals surface area contributed by atoms with Crippen LogP contribution >= 0.6 is 0 Å². The average Bonchev–Trinajstić information content (AvgIpc) is 2.46. The van der Waals surface area contributed by atoms with E-state index >= 15 is 0 Å².